The zero-order valence-corrected chi connectivity index (χ0v) is 12.2. The average Bonchev–Trinajstić information content (AvgIpc) is 2.90. The van der Waals surface area contributed by atoms with Crippen LogP contribution in [0, 0.1) is 0 Å². The van der Waals surface area contributed by atoms with Crippen molar-refractivity contribution in [2.45, 2.75) is 44.9 Å². The minimum Gasteiger partial charge on any atom is -0.481 e. The van der Waals surface area contributed by atoms with Gasteiger partial charge in [-0.25, -0.2) is 4.79 Å². The number of unbranched alkanes of at least 4 members (excludes halogenated alkanes) is 3. The van der Waals surface area contributed by atoms with Crippen LogP contribution in [-0.2, 0) is 4.79 Å². The molecule has 0 bridgehead atoms. The minimum atomic E-state index is -0.736. The summed E-state index contributed by atoms with van der Waals surface area (Å²) in [6, 6.07) is -0.102. The number of carboxylic acid groups (broad SMARTS) is 1. The van der Waals surface area contributed by atoms with E-state index in [1.54, 1.807) is 0 Å². The Morgan fingerprint density at radius 2 is 1.60 bits per heavy atom. The molecule has 6 heteroatoms. The predicted molar refractivity (Wildman–Crippen MR) is 77.8 cm³/mol. The van der Waals surface area contributed by atoms with Crippen LogP contribution in [0.4, 0.5) is 4.79 Å². The summed E-state index contributed by atoms with van der Waals surface area (Å²) in [6.07, 6.45) is 6.27. The summed E-state index contributed by atoms with van der Waals surface area (Å²) >= 11 is 0. The molecule has 1 rings (SSSR count). The first-order valence-corrected chi connectivity index (χ1v) is 7.64. The first kappa shape index (κ1) is 16.8. The van der Waals surface area contributed by atoms with Crippen LogP contribution in [0.2, 0.25) is 0 Å². The number of nitrogens with zero attached hydrogens (tertiary/aromatic N) is 1. The number of nitrogens with one attached hydrogen (secondary N) is 2. The van der Waals surface area contributed by atoms with Crippen molar-refractivity contribution in [3.05, 3.63) is 0 Å². The van der Waals surface area contributed by atoms with Crippen molar-refractivity contribution in [1.82, 2.24) is 15.5 Å². The van der Waals surface area contributed by atoms with Crippen LogP contribution in [0.15, 0.2) is 0 Å². The third-order valence-electron chi connectivity index (χ3n) is 3.52. The molecular weight excluding hydrogens is 258 g/mol. The lowest BCUT2D eigenvalue weighted by Crippen LogP contribution is -2.40. The van der Waals surface area contributed by atoms with E-state index < -0.39 is 5.97 Å². The lowest BCUT2D eigenvalue weighted by molar-refractivity contribution is -0.137. The van der Waals surface area contributed by atoms with Crippen molar-refractivity contribution >= 4 is 12.0 Å². The summed E-state index contributed by atoms with van der Waals surface area (Å²) in [5, 5.41) is 14.2. The molecule has 2 amide bonds. The third-order valence-corrected chi connectivity index (χ3v) is 3.52. The Morgan fingerprint density at radius 1 is 0.950 bits per heavy atom. The lowest BCUT2D eigenvalue weighted by atomic mass is 10.1. The highest BCUT2D eigenvalue weighted by Gasteiger charge is 2.10. The predicted octanol–water partition coefficient (Wildman–Crippen LogP) is 1.42. The Labute approximate surface area is 120 Å². The van der Waals surface area contributed by atoms with Gasteiger partial charge in [0.1, 0.15) is 0 Å². The summed E-state index contributed by atoms with van der Waals surface area (Å²) in [5.41, 5.74) is 0. The van der Waals surface area contributed by atoms with Crippen LogP contribution in [0.25, 0.3) is 0 Å². The molecule has 1 fully saturated rings. The summed E-state index contributed by atoms with van der Waals surface area (Å²) in [7, 11) is 0. The first-order valence-electron chi connectivity index (χ1n) is 7.64. The summed E-state index contributed by atoms with van der Waals surface area (Å²) in [4.78, 5) is 24.1. The van der Waals surface area contributed by atoms with Gasteiger partial charge in [0.05, 0.1) is 0 Å². The van der Waals surface area contributed by atoms with Gasteiger partial charge in [0.15, 0.2) is 0 Å². The Kier molecular flexibility index (Phi) is 8.78. The molecule has 1 saturated heterocycles. The second-order valence-electron chi connectivity index (χ2n) is 5.29. The number of carbonyl (C=O) groups is 2. The molecule has 0 saturated carbocycles. The highest BCUT2D eigenvalue weighted by atomic mass is 16.4. The zero-order valence-electron chi connectivity index (χ0n) is 12.2. The van der Waals surface area contributed by atoms with Crippen molar-refractivity contribution < 1.29 is 14.7 Å². The van der Waals surface area contributed by atoms with E-state index in [4.69, 9.17) is 5.11 Å². The van der Waals surface area contributed by atoms with E-state index in [1.165, 1.54) is 12.8 Å². The molecule has 0 radical (unpaired) electrons. The summed E-state index contributed by atoms with van der Waals surface area (Å²) < 4.78 is 0. The standard InChI is InChI=1S/C14H27N3O3/c18-13(19)7-3-1-2-4-8-15-14(20)16-9-12-17-10-5-6-11-17/h1-12H2,(H,18,19)(H2,15,16,20). The minimum absolute atomic E-state index is 0.102. The quantitative estimate of drug-likeness (QED) is 0.530. The van der Waals surface area contributed by atoms with Crippen LogP contribution >= 0.6 is 0 Å². The van der Waals surface area contributed by atoms with E-state index in [0.29, 0.717) is 13.1 Å². The number of aliphatic carboxylic acids is 1. The van der Waals surface area contributed by atoms with Crippen LogP contribution in [0.3, 0.4) is 0 Å². The van der Waals surface area contributed by atoms with Crippen LogP contribution in [-0.4, -0.2) is 54.7 Å². The van der Waals surface area contributed by atoms with Gasteiger partial charge in [-0.05, 0) is 38.8 Å². The first-order chi connectivity index (χ1) is 9.68. The topological polar surface area (TPSA) is 81.7 Å². The molecule has 1 heterocycles. The normalized spacial score (nSPS) is 15.2. The van der Waals surface area contributed by atoms with Crippen molar-refractivity contribution in [1.29, 1.82) is 0 Å². The molecule has 0 aliphatic carbocycles. The second kappa shape index (κ2) is 10.5. The molecule has 0 unspecified atom stereocenters. The molecule has 3 N–H and O–H groups in total. The van der Waals surface area contributed by atoms with Gasteiger partial charge in [0.2, 0.25) is 0 Å². The van der Waals surface area contributed by atoms with Gasteiger partial charge in [0, 0.05) is 26.1 Å². The summed E-state index contributed by atoms with van der Waals surface area (Å²) in [5.74, 6) is -0.736. The number of hydrogen-bond acceptors (Lipinski definition) is 3. The van der Waals surface area contributed by atoms with E-state index in [-0.39, 0.29) is 12.5 Å². The maximum atomic E-state index is 11.5. The third kappa shape index (κ3) is 8.74. The molecule has 6 nitrogen and oxygen atoms in total. The SMILES string of the molecule is O=C(O)CCCCCCNC(=O)NCCN1CCCC1. The number of likely N-dealkylation sites (tertiary alicyclic amines) is 1. The molecule has 0 aromatic carbocycles. The maximum Gasteiger partial charge on any atom is 0.314 e. The number of amides is 2. The fraction of sp³-hybridized carbons (Fsp3) is 0.857. The zero-order chi connectivity index (χ0) is 14.6. The Morgan fingerprint density at radius 3 is 2.30 bits per heavy atom. The second-order valence-corrected chi connectivity index (χ2v) is 5.29. The van der Waals surface area contributed by atoms with E-state index in [2.05, 4.69) is 15.5 Å². The van der Waals surface area contributed by atoms with Gasteiger partial charge < -0.3 is 20.6 Å². The van der Waals surface area contributed by atoms with Gasteiger partial charge in [0.25, 0.3) is 0 Å². The van der Waals surface area contributed by atoms with Crippen molar-refractivity contribution in [2.75, 3.05) is 32.7 Å². The Bertz CT molecular complexity index is 291. The Hall–Kier alpha value is -1.30. The lowest BCUT2D eigenvalue weighted by Gasteiger charge is -2.14. The van der Waals surface area contributed by atoms with E-state index in [0.717, 1.165) is 45.3 Å². The van der Waals surface area contributed by atoms with Crippen molar-refractivity contribution in [3.63, 3.8) is 0 Å². The van der Waals surface area contributed by atoms with Crippen LogP contribution in [0.5, 0.6) is 0 Å². The molecule has 0 spiro atoms. The number of urea groups is 1. The molecule has 1 aliphatic rings. The molecule has 1 aliphatic heterocycles. The van der Waals surface area contributed by atoms with Gasteiger partial charge in [-0.2, -0.15) is 0 Å². The smallest absolute Gasteiger partial charge is 0.314 e. The molecule has 116 valence electrons. The molecule has 0 aromatic rings. The van der Waals surface area contributed by atoms with Gasteiger partial charge in [-0.15, -0.1) is 0 Å². The van der Waals surface area contributed by atoms with E-state index in [9.17, 15) is 9.59 Å². The van der Waals surface area contributed by atoms with E-state index >= 15 is 0 Å². The highest BCUT2D eigenvalue weighted by Crippen LogP contribution is 2.05. The van der Waals surface area contributed by atoms with Crippen molar-refractivity contribution in [3.8, 4) is 0 Å². The molecule has 0 aromatic heterocycles. The summed E-state index contributed by atoms with van der Waals surface area (Å²) in [6.45, 7) is 4.59. The molecular formula is C14H27N3O3. The average molecular weight is 285 g/mol. The highest BCUT2D eigenvalue weighted by molar-refractivity contribution is 5.73. The molecule has 0 atom stereocenters. The maximum absolute atomic E-state index is 11.5. The van der Waals surface area contributed by atoms with Gasteiger partial charge >= 0.3 is 12.0 Å². The number of carboxylic acids is 1. The fourth-order valence-corrected chi connectivity index (χ4v) is 2.35. The number of rotatable bonds is 10. The van der Waals surface area contributed by atoms with Crippen molar-refractivity contribution in [2.24, 2.45) is 0 Å². The Balaban J connectivity index is 1.83. The van der Waals surface area contributed by atoms with E-state index in [1.807, 2.05) is 0 Å². The van der Waals surface area contributed by atoms with Gasteiger partial charge in [-0.1, -0.05) is 12.8 Å². The fourth-order valence-electron chi connectivity index (χ4n) is 2.35. The van der Waals surface area contributed by atoms with Gasteiger partial charge in [-0.3, -0.25) is 4.79 Å². The largest absolute Gasteiger partial charge is 0.481 e. The number of hydrogen-bond donors (Lipinski definition) is 3. The van der Waals surface area contributed by atoms with Crippen LogP contribution in [0.1, 0.15) is 44.9 Å². The molecule has 20 heavy (non-hydrogen) atoms. The van der Waals surface area contributed by atoms with Crippen LogP contribution < -0.4 is 10.6 Å². The number of carbonyl (C=O) groups excluding carboxylic acids is 1. The monoisotopic (exact) mass is 285 g/mol.